The molecule has 2 aromatic rings. The molecule has 0 aliphatic carbocycles. The van der Waals surface area contributed by atoms with Gasteiger partial charge in [0, 0.05) is 13.5 Å². The van der Waals surface area contributed by atoms with E-state index >= 15 is 0 Å². The van der Waals surface area contributed by atoms with Gasteiger partial charge in [-0.05, 0) is 44.0 Å². The van der Waals surface area contributed by atoms with Crippen LogP contribution in [0.1, 0.15) is 55.0 Å². The Morgan fingerprint density at radius 1 is 0.897 bits per heavy atom. The van der Waals surface area contributed by atoms with E-state index in [1.54, 1.807) is 0 Å². The highest BCUT2D eigenvalue weighted by atomic mass is 16.2. The highest BCUT2D eigenvalue weighted by Crippen LogP contribution is 2.21. The zero-order valence-corrected chi connectivity index (χ0v) is 17.4. The lowest BCUT2D eigenvalue weighted by atomic mass is 10.0. The maximum atomic E-state index is 13.0. The number of carbonyl (C=O) groups is 2. The second-order valence-corrected chi connectivity index (χ2v) is 7.91. The molecule has 5 nitrogen and oxygen atoms in total. The SMILES string of the molecule is CC(=O)NC(CC(=O)NC(CN1CCCC1)c1ccccc1)c1ccc(C)cc1. The Kier molecular flexibility index (Phi) is 7.42. The van der Waals surface area contributed by atoms with Crippen LogP contribution in [0.3, 0.4) is 0 Å². The van der Waals surface area contributed by atoms with Gasteiger partial charge in [0.05, 0.1) is 18.5 Å². The second kappa shape index (κ2) is 10.2. The minimum Gasteiger partial charge on any atom is -0.349 e. The fourth-order valence-electron chi connectivity index (χ4n) is 3.88. The first kappa shape index (κ1) is 21.1. The Morgan fingerprint density at radius 3 is 2.14 bits per heavy atom. The summed E-state index contributed by atoms with van der Waals surface area (Å²) in [6.07, 6.45) is 2.65. The summed E-state index contributed by atoms with van der Waals surface area (Å²) in [7, 11) is 0. The van der Waals surface area contributed by atoms with Gasteiger partial charge in [0.1, 0.15) is 0 Å². The van der Waals surface area contributed by atoms with Gasteiger partial charge >= 0.3 is 0 Å². The summed E-state index contributed by atoms with van der Waals surface area (Å²) in [5.41, 5.74) is 3.20. The largest absolute Gasteiger partial charge is 0.349 e. The van der Waals surface area contributed by atoms with Crippen molar-refractivity contribution in [3.8, 4) is 0 Å². The number of benzene rings is 2. The summed E-state index contributed by atoms with van der Waals surface area (Å²) in [5.74, 6) is -0.197. The van der Waals surface area contributed by atoms with Gasteiger partial charge in [0.2, 0.25) is 11.8 Å². The minimum absolute atomic E-state index is 0.0576. The van der Waals surface area contributed by atoms with Gasteiger partial charge < -0.3 is 15.5 Å². The molecule has 1 fully saturated rings. The molecule has 2 unspecified atom stereocenters. The van der Waals surface area contributed by atoms with Gasteiger partial charge in [0.15, 0.2) is 0 Å². The molecular formula is C24H31N3O2. The van der Waals surface area contributed by atoms with E-state index in [1.165, 1.54) is 19.8 Å². The van der Waals surface area contributed by atoms with Crippen LogP contribution < -0.4 is 10.6 Å². The number of amides is 2. The van der Waals surface area contributed by atoms with Gasteiger partial charge in [-0.1, -0.05) is 60.2 Å². The highest BCUT2D eigenvalue weighted by molar-refractivity contribution is 5.79. The zero-order chi connectivity index (χ0) is 20.6. The van der Waals surface area contributed by atoms with E-state index in [9.17, 15) is 9.59 Å². The van der Waals surface area contributed by atoms with Crippen LogP contribution >= 0.6 is 0 Å². The third kappa shape index (κ3) is 6.43. The summed E-state index contributed by atoms with van der Waals surface area (Å²) in [6, 6.07) is 17.7. The molecule has 1 saturated heterocycles. The zero-order valence-electron chi connectivity index (χ0n) is 17.4. The fraction of sp³-hybridized carbons (Fsp3) is 0.417. The number of hydrogen-bond donors (Lipinski definition) is 2. The first-order valence-electron chi connectivity index (χ1n) is 10.4. The highest BCUT2D eigenvalue weighted by Gasteiger charge is 2.23. The topological polar surface area (TPSA) is 61.4 Å². The number of aryl methyl sites for hydroxylation is 1. The van der Waals surface area contributed by atoms with Crippen molar-refractivity contribution in [3.63, 3.8) is 0 Å². The molecule has 29 heavy (non-hydrogen) atoms. The summed E-state index contributed by atoms with van der Waals surface area (Å²) in [6.45, 7) is 6.48. The molecule has 5 heteroatoms. The smallest absolute Gasteiger partial charge is 0.222 e. The average Bonchev–Trinajstić information content (AvgIpc) is 3.21. The number of rotatable bonds is 8. The summed E-state index contributed by atoms with van der Waals surface area (Å²) >= 11 is 0. The minimum atomic E-state index is -0.337. The molecule has 1 aliphatic heterocycles. The van der Waals surface area contributed by atoms with E-state index in [1.807, 2.05) is 49.4 Å². The molecule has 2 amide bonds. The predicted octanol–water partition coefficient (Wildman–Crippen LogP) is 3.52. The molecule has 3 rings (SSSR count). The second-order valence-electron chi connectivity index (χ2n) is 7.91. The van der Waals surface area contributed by atoms with E-state index in [0.717, 1.165) is 36.3 Å². The molecule has 2 atom stereocenters. The molecule has 2 N–H and O–H groups in total. The molecule has 154 valence electrons. The van der Waals surface area contributed by atoms with E-state index in [4.69, 9.17) is 0 Å². The summed E-state index contributed by atoms with van der Waals surface area (Å²) in [4.78, 5) is 27.1. The third-order valence-corrected chi connectivity index (χ3v) is 5.42. The van der Waals surface area contributed by atoms with Crippen molar-refractivity contribution < 1.29 is 9.59 Å². The summed E-state index contributed by atoms with van der Waals surface area (Å²) in [5, 5.41) is 6.14. The molecule has 0 saturated carbocycles. The Morgan fingerprint density at radius 2 is 1.52 bits per heavy atom. The van der Waals surface area contributed by atoms with Gasteiger partial charge in [-0.25, -0.2) is 0 Å². The van der Waals surface area contributed by atoms with Crippen molar-refractivity contribution in [1.29, 1.82) is 0 Å². The van der Waals surface area contributed by atoms with Crippen molar-refractivity contribution >= 4 is 11.8 Å². The monoisotopic (exact) mass is 393 g/mol. The standard InChI is InChI=1S/C24H31N3O2/c1-18-10-12-21(13-11-18)22(25-19(2)28)16-24(29)26-23(17-27-14-6-7-15-27)20-8-4-3-5-9-20/h3-5,8-13,22-23H,6-7,14-17H2,1-2H3,(H,25,28)(H,26,29). The van der Waals surface area contributed by atoms with Gasteiger partial charge in [-0.2, -0.15) is 0 Å². The first-order chi connectivity index (χ1) is 14.0. The molecule has 0 bridgehead atoms. The predicted molar refractivity (Wildman–Crippen MR) is 115 cm³/mol. The van der Waals surface area contributed by atoms with Crippen molar-refractivity contribution in [2.75, 3.05) is 19.6 Å². The molecule has 0 spiro atoms. The Bertz CT molecular complexity index is 799. The lowest BCUT2D eigenvalue weighted by Crippen LogP contribution is -2.39. The van der Waals surface area contributed by atoms with Crippen LogP contribution in [0.2, 0.25) is 0 Å². The number of hydrogen-bond acceptors (Lipinski definition) is 3. The van der Waals surface area contributed by atoms with E-state index < -0.39 is 0 Å². The third-order valence-electron chi connectivity index (χ3n) is 5.42. The van der Waals surface area contributed by atoms with Gasteiger partial charge in [-0.15, -0.1) is 0 Å². The fourth-order valence-corrected chi connectivity index (χ4v) is 3.88. The van der Waals surface area contributed by atoms with Crippen LogP contribution in [-0.2, 0) is 9.59 Å². The van der Waals surface area contributed by atoms with Gasteiger partial charge in [0.25, 0.3) is 0 Å². The Hall–Kier alpha value is -2.66. The maximum Gasteiger partial charge on any atom is 0.222 e. The van der Waals surface area contributed by atoms with Crippen molar-refractivity contribution in [3.05, 3.63) is 71.3 Å². The van der Waals surface area contributed by atoms with Crippen molar-refractivity contribution in [2.24, 2.45) is 0 Å². The van der Waals surface area contributed by atoms with Crippen LogP contribution in [0.15, 0.2) is 54.6 Å². The van der Waals surface area contributed by atoms with Crippen molar-refractivity contribution in [2.45, 2.75) is 45.2 Å². The lowest BCUT2D eigenvalue weighted by Gasteiger charge is -2.26. The van der Waals surface area contributed by atoms with Crippen molar-refractivity contribution in [1.82, 2.24) is 15.5 Å². The summed E-state index contributed by atoms with van der Waals surface area (Å²) < 4.78 is 0. The number of likely N-dealkylation sites (tertiary alicyclic amines) is 1. The van der Waals surface area contributed by atoms with Crippen LogP contribution in [0.5, 0.6) is 0 Å². The molecule has 2 aromatic carbocycles. The van der Waals surface area contributed by atoms with Crippen LogP contribution in [0.4, 0.5) is 0 Å². The average molecular weight is 394 g/mol. The quantitative estimate of drug-likeness (QED) is 0.721. The van der Waals surface area contributed by atoms with Crippen LogP contribution in [0.25, 0.3) is 0 Å². The molecule has 0 aromatic heterocycles. The Labute approximate surface area is 173 Å². The number of nitrogens with zero attached hydrogens (tertiary/aromatic N) is 1. The molecule has 1 aliphatic rings. The van der Waals surface area contributed by atoms with Crippen LogP contribution in [-0.4, -0.2) is 36.3 Å². The van der Waals surface area contributed by atoms with E-state index in [0.29, 0.717) is 0 Å². The normalized spacial score (nSPS) is 16.2. The lowest BCUT2D eigenvalue weighted by molar-refractivity contribution is -0.123. The number of nitrogens with one attached hydrogen (secondary N) is 2. The number of carbonyl (C=O) groups excluding carboxylic acids is 2. The van der Waals surface area contributed by atoms with Crippen LogP contribution in [0, 0.1) is 6.92 Å². The molecule has 0 radical (unpaired) electrons. The molecule has 1 heterocycles. The Balaban J connectivity index is 1.71. The maximum absolute atomic E-state index is 13.0. The van der Waals surface area contributed by atoms with E-state index in [2.05, 4.69) is 27.7 Å². The van der Waals surface area contributed by atoms with Gasteiger partial charge in [-0.3, -0.25) is 9.59 Å². The molecular weight excluding hydrogens is 362 g/mol. The van der Waals surface area contributed by atoms with E-state index in [-0.39, 0.29) is 30.3 Å². The first-order valence-corrected chi connectivity index (χ1v) is 10.4.